The van der Waals surface area contributed by atoms with Crippen molar-refractivity contribution in [2.45, 2.75) is 90.2 Å². The molecule has 0 aliphatic heterocycles. The Hall–Kier alpha value is -5.85. The summed E-state index contributed by atoms with van der Waals surface area (Å²) in [6, 6.07) is 19.6. The Kier molecular flexibility index (Phi) is 11.2. The van der Waals surface area contributed by atoms with Gasteiger partial charge in [0.05, 0.1) is 5.52 Å². The highest BCUT2D eigenvalue weighted by atomic mass is 16.6. The van der Waals surface area contributed by atoms with Gasteiger partial charge in [-0.05, 0) is 82.3 Å². The standard InChI is InChI=1S/C40H45N3O10/c1-23(33(34(44)45)42-37(48)52-39(2,3)4)51-35(46)31(20-24-21-43(38(49)53-40(5,6)7)32-19-13-12-14-25(24)32)41-36(47)50-22-30-28-17-10-8-15-26(28)27-16-9-11-18-29(27)30/h8-19,21,23,30-31,33H,20,22H2,1-7H3,(H,41,47)(H,42,48)(H,44,45)/t23-,31+,33+/m1/s1. The predicted octanol–water partition coefficient (Wildman–Crippen LogP) is 6.78. The van der Waals surface area contributed by atoms with Gasteiger partial charge in [0.2, 0.25) is 0 Å². The second-order valence-electron chi connectivity index (χ2n) is 14.9. The Morgan fingerprint density at radius 2 is 1.34 bits per heavy atom. The normalized spacial score (nSPS) is 14.2. The molecule has 280 valence electrons. The van der Waals surface area contributed by atoms with E-state index in [1.807, 2.05) is 48.5 Å². The fourth-order valence-corrected chi connectivity index (χ4v) is 6.22. The van der Waals surface area contributed by atoms with Gasteiger partial charge in [-0.15, -0.1) is 0 Å². The molecule has 5 rings (SSSR count). The second kappa shape index (κ2) is 15.4. The number of carboxylic acids is 1. The molecule has 0 radical (unpaired) electrons. The summed E-state index contributed by atoms with van der Waals surface area (Å²) in [5.74, 6) is -2.73. The molecule has 4 aromatic rings. The highest BCUT2D eigenvalue weighted by Gasteiger charge is 2.35. The van der Waals surface area contributed by atoms with Gasteiger partial charge in [0.25, 0.3) is 0 Å². The maximum atomic E-state index is 13.9. The minimum Gasteiger partial charge on any atom is -0.480 e. The summed E-state index contributed by atoms with van der Waals surface area (Å²) < 4.78 is 23.4. The smallest absolute Gasteiger partial charge is 0.419 e. The number of benzene rings is 3. The molecular formula is C40H45N3O10. The van der Waals surface area contributed by atoms with Crippen LogP contribution in [0.1, 0.15) is 71.1 Å². The van der Waals surface area contributed by atoms with E-state index >= 15 is 0 Å². The van der Waals surface area contributed by atoms with E-state index in [1.54, 1.807) is 65.8 Å². The fraction of sp³-hybridized carbons (Fsp3) is 0.375. The number of hydrogen-bond donors (Lipinski definition) is 3. The fourth-order valence-electron chi connectivity index (χ4n) is 6.22. The van der Waals surface area contributed by atoms with E-state index in [0.717, 1.165) is 22.3 Å². The lowest BCUT2D eigenvalue weighted by molar-refractivity contribution is -0.156. The molecule has 0 fully saturated rings. The SMILES string of the molecule is C[C@@H](OC(=O)[C@H](Cc1cn(C(=O)OC(C)(C)C)c2ccccc12)NC(=O)OCC1c2ccccc2-c2ccccc21)[C@H](NC(=O)OC(C)(C)C)C(=O)O. The molecule has 0 bridgehead atoms. The van der Waals surface area contributed by atoms with Gasteiger partial charge in [-0.25, -0.2) is 24.0 Å². The van der Waals surface area contributed by atoms with Crippen LogP contribution in [0, 0.1) is 0 Å². The molecule has 1 aliphatic carbocycles. The van der Waals surface area contributed by atoms with Gasteiger partial charge in [-0.3, -0.25) is 4.57 Å². The Labute approximate surface area is 307 Å². The first kappa shape index (κ1) is 38.4. The number of nitrogens with one attached hydrogen (secondary N) is 2. The van der Waals surface area contributed by atoms with E-state index in [-0.39, 0.29) is 18.9 Å². The summed E-state index contributed by atoms with van der Waals surface area (Å²) in [5.41, 5.74) is 3.38. The molecule has 1 aromatic heterocycles. The number of nitrogens with zero attached hydrogens (tertiary/aromatic N) is 1. The molecule has 3 aromatic carbocycles. The molecule has 13 heteroatoms. The minimum atomic E-state index is -1.68. The molecule has 1 heterocycles. The van der Waals surface area contributed by atoms with Crippen LogP contribution < -0.4 is 10.6 Å². The zero-order valence-corrected chi connectivity index (χ0v) is 30.8. The number of amides is 2. The van der Waals surface area contributed by atoms with Gasteiger partial charge in [0.15, 0.2) is 6.04 Å². The van der Waals surface area contributed by atoms with Crippen LogP contribution in [0.2, 0.25) is 0 Å². The lowest BCUT2D eigenvalue weighted by Crippen LogP contribution is -2.52. The number of hydrogen-bond acceptors (Lipinski definition) is 9. The van der Waals surface area contributed by atoms with Gasteiger partial charge in [-0.1, -0.05) is 66.7 Å². The summed E-state index contributed by atoms with van der Waals surface area (Å²) in [6.07, 6.45) is -2.64. The number of alkyl carbamates (subject to hydrolysis) is 2. The highest BCUT2D eigenvalue weighted by Crippen LogP contribution is 2.44. The third-order valence-electron chi connectivity index (χ3n) is 8.44. The quantitative estimate of drug-likeness (QED) is 0.117. The maximum Gasteiger partial charge on any atom is 0.419 e. The van der Waals surface area contributed by atoms with E-state index in [0.29, 0.717) is 16.5 Å². The van der Waals surface area contributed by atoms with Crippen LogP contribution in [-0.2, 0) is 35.0 Å². The number of rotatable bonds is 10. The molecule has 0 unspecified atom stereocenters. The Balaban J connectivity index is 1.40. The number of ether oxygens (including phenoxy) is 4. The van der Waals surface area contributed by atoms with Gasteiger partial charge in [0.1, 0.15) is 30.0 Å². The molecule has 0 spiro atoms. The first-order valence-electron chi connectivity index (χ1n) is 17.3. The predicted molar refractivity (Wildman–Crippen MR) is 196 cm³/mol. The summed E-state index contributed by atoms with van der Waals surface area (Å²) >= 11 is 0. The first-order chi connectivity index (χ1) is 24.9. The minimum absolute atomic E-state index is 0.0309. The molecule has 0 saturated heterocycles. The van der Waals surface area contributed by atoms with Gasteiger partial charge < -0.3 is 34.7 Å². The van der Waals surface area contributed by atoms with Crippen molar-refractivity contribution in [3.8, 4) is 11.1 Å². The van der Waals surface area contributed by atoms with E-state index < -0.39 is 59.6 Å². The molecule has 1 aliphatic rings. The average Bonchev–Trinajstić information content (AvgIpc) is 3.60. The van der Waals surface area contributed by atoms with Crippen LogP contribution in [0.15, 0.2) is 79.0 Å². The van der Waals surface area contributed by atoms with Crippen molar-refractivity contribution in [1.82, 2.24) is 15.2 Å². The number of carboxylic acid groups (broad SMARTS) is 1. The zero-order valence-electron chi connectivity index (χ0n) is 30.8. The van der Waals surface area contributed by atoms with E-state index in [9.17, 15) is 29.1 Å². The van der Waals surface area contributed by atoms with Crippen LogP contribution in [0.4, 0.5) is 14.4 Å². The van der Waals surface area contributed by atoms with Crippen molar-refractivity contribution in [3.63, 3.8) is 0 Å². The van der Waals surface area contributed by atoms with Crippen LogP contribution in [-0.4, -0.2) is 75.9 Å². The van der Waals surface area contributed by atoms with Crippen LogP contribution in [0.25, 0.3) is 22.0 Å². The summed E-state index contributed by atoms with van der Waals surface area (Å²) in [6.45, 7) is 11.3. The summed E-state index contributed by atoms with van der Waals surface area (Å²) in [5, 5.41) is 15.3. The topological polar surface area (TPSA) is 171 Å². The van der Waals surface area contributed by atoms with Crippen LogP contribution in [0.5, 0.6) is 0 Å². The first-order valence-corrected chi connectivity index (χ1v) is 17.3. The van der Waals surface area contributed by atoms with Crippen LogP contribution >= 0.6 is 0 Å². The summed E-state index contributed by atoms with van der Waals surface area (Å²) in [7, 11) is 0. The van der Waals surface area contributed by atoms with Crippen LogP contribution in [0.3, 0.4) is 0 Å². The number of aliphatic carboxylic acids is 1. The molecule has 3 N–H and O–H groups in total. The van der Waals surface area contributed by atoms with Crippen molar-refractivity contribution < 1.29 is 48.0 Å². The van der Waals surface area contributed by atoms with Gasteiger partial charge in [-0.2, -0.15) is 0 Å². The van der Waals surface area contributed by atoms with Crippen molar-refractivity contribution >= 4 is 41.1 Å². The van der Waals surface area contributed by atoms with E-state index in [1.165, 1.54) is 17.7 Å². The molecule has 0 saturated carbocycles. The number of carbonyl (C=O) groups excluding carboxylic acids is 4. The van der Waals surface area contributed by atoms with Crippen molar-refractivity contribution in [3.05, 3.63) is 95.7 Å². The third kappa shape index (κ3) is 9.34. The monoisotopic (exact) mass is 727 g/mol. The highest BCUT2D eigenvalue weighted by molar-refractivity contribution is 5.93. The largest absolute Gasteiger partial charge is 0.480 e. The summed E-state index contributed by atoms with van der Waals surface area (Å²) in [4.78, 5) is 65.1. The van der Waals surface area contributed by atoms with E-state index in [4.69, 9.17) is 18.9 Å². The Bertz CT molecular complexity index is 1980. The number of carbonyl (C=O) groups is 5. The van der Waals surface area contributed by atoms with Crippen molar-refractivity contribution in [2.24, 2.45) is 0 Å². The number of para-hydroxylation sites is 1. The van der Waals surface area contributed by atoms with Gasteiger partial charge in [0, 0.05) is 23.9 Å². The Morgan fingerprint density at radius 1 is 0.774 bits per heavy atom. The molecule has 2 amide bonds. The number of fused-ring (bicyclic) bond motifs is 4. The second-order valence-corrected chi connectivity index (χ2v) is 14.9. The van der Waals surface area contributed by atoms with Crippen molar-refractivity contribution in [2.75, 3.05) is 6.61 Å². The lowest BCUT2D eigenvalue weighted by Gasteiger charge is -2.26. The molecular weight excluding hydrogens is 682 g/mol. The average molecular weight is 728 g/mol. The third-order valence-corrected chi connectivity index (χ3v) is 8.44. The van der Waals surface area contributed by atoms with E-state index in [2.05, 4.69) is 10.6 Å². The Morgan fingerprint density at radius 3 is 1.92 bits per heavy atom. The molecule has 53 heavy (non-hydrogen) atoms. The number of aromatic nitrogens is 1. The number of esters is 1. The lowest BCUT2D eigenvalue weighted by atomic mass is 9.98. The molecule has 13 nitrogen and oxygen atoms in total. The maximum absolute atomic E-state index is 13.9. The van der Waals surface area contributed by atoms with Gasteiger partial charge >= 0.3 is 30.2 Å². The zero-order chi connectivity index (χ0) is 38.7. The van der Waals surface area contributed by atoms with Crippen molar-refractivity contribution in [1.29, 1.82) is 0 Å². The molecule has 3 atom stereocenters.